The molecule has 1 aliphatic carbocycles. The van der Waals surface area contributed by atoms with Crippen molar-refractivity contribution in [1.82, 2.24) is 10.2 Å². The largest absolute Gasteiger partial charge is 0.481 e. The fourth-order valence-electron chi connectivity index (χ4n) is 2.87. The number of carbonyl (C=O) groups is 2. The molecule has 1 heterocycles. The van der Waals surface area contributed by atoms with Crippen LogP contribution in [0.2, 0.25) is 0 Å². The number of carboxylic acid groups (broad SMARTS) is 1. The van der Waals surface area contributed by atoms with Crippen molar-refractivity contribution in [3.63, 3.8) is 0 Å². The van der Waals surface area contributed by atoms with E-state index in [1.54, 1.807) is 4.90 Å². The van der Waals surface area contributed by atoms with Gasteiger partial charge in [-0.1, -0.05) is 6.92 Å². The molecule has 1 aliphatic heterocycles. The van der Waals surface area contributed by atoms with Crippen molar-refractivity contribution in [3.05, 3.63) is 0 Å². The third kappa shape index (κ3) is 3.85. The van der Waals surface area contributed by atoms with E-state index in [2.05, 4.69) is 12.2 Å². The predicted octanol–water partition coefficient (Wildman–Crippen LogP) is 2.07. The number of hydrogen-bond acceptors (Lipinski definition) is 2. The Hall–Kier alpha value is -1.26. The molecule has 2 aliphatic rings. The molecule has 0 bridgehead atoms. The summed E-state index contributed by atoms with van der Waals surface area (Å²) in [6.45, 7) is 4.27. The van der Waals surface area contributed by atoms with Gasteiger partial charge in [0.2, 0.25) is 0 Å². The molecular formula is C14H24N2O3. The SMILES string of the molecule is CCC1(CNC(=O)N2CCCC(CC(=O)O)C2)CC1. The molecule has 0 aromatic rings. The number of rotatable bonds is 5. The van der Waals surface area contributed by atoms with Crippen LogP contribution in [0.3, 0.4) is 0 Å². The van der Waals surface area contributed by atoms with Gasteiger partial charge in [-0.05, 0) is 43.4 Å². The minimum Gasteiger partial charge on any atom is -0.481 e. The molecule has 2 rings (SSSR count). The van der Waals surface area contributed by atoms with Crippen LogP contribution in [0.15, 0.2) is 0 Å². The van der Waals surface area contributed by atoms with Gasteiger partial charge in [0.1, 0.15) is 0 Å². The van der Waals surface area contributed by atoms with Crippen LogP contribution in [-0.2, 0) is 4.79 Å². The molecule has 1 atom stereocenters. The predicted molar refractivity (Wildman–Crippen MR) is 71.9 cm³/mol. The van der Waals surface area contributed by atoms with E-state index in [1.807, 2.05) is 0 Å². The molecule has 108 valence electrons. The quantitative estimate of drug-likeness (QED) is 0.802. The van der Waals surface area contributed by atoms with E-state index in [1.165, 1.54) is 12.8 Å². The van der Waals surface area contributed by atoms with E-state index < -0.39 is 5.97 Å². The maximum atomic E-state index is 12.1. The molecule has 0 spiro atoms. The molecule has 0 radical (unpaired) electrons. The molecule has 19 heavy (non-hydrogen) atoms. The van der Waals surface area contributed by atoms with Crippen molar-refractivity contribution in [3.8, 4) is 0 Å². The molecule has 0 aromatic heterocycles. The number of hydrogen-bond donors (Lipinski definition) is 2. The maximum absolute atomic E-state index is 12.1. The van der Waals surface area contributed by atoms with Crippen LogP contribution >= 0.6 is 0 Å². The lowest BCUT2D eigenvalue weighted by molar-refractivity contribution is -0.138. The molecular weight excluding hydrogens is 244 g/mol. The first kappa shape index (κ1) is 14.2. The normalized spacial score (nSPS) is 24.9. The highest BCUT2D eigenvalue weighted by Gasteiger charge is 2.41. The second-order valence-corrected chi connectivity index (χ2v) is 6.06. The molecule has 1 saturated carbocycles. The van der Waals surface area contributed by atoms with Gasteiger partial charge >= 0.3 is 12.0 Å². The first-order chi connectivity index (χ1) is 9.04. The van der Waals surface area contributed by atoms with Crippen LogP contribution in [0.4, 0.5) is 4.79 Å². The van der Waals surface area contributed by atoms with Crippen molar-refractivity contribution >= 4 is 12.0 Å². The second kappa shape index (κ2) is 5.80. The van der Waals surface area contributed by atoms with E-state index >= 15 is 0 Å². The molecule has 2 amide bonds. The Balaban J connectivity index is 1.76. The number of carboxylic acids is 1. The van der Waals surface area contributed by atoms with Crippen molar-refractivity contribution in [2.75, 3.05) is 19.6 Å². The minimum atomic E-state index is -0.768. The summed E-state index contributed by atoms with van der Waals surface area (Å²) < 4.78 is 0. The maximum Gasteiger partial charge on any atom is 0.317 e. The summed E-state index contributed by atoms with van der Waals surface area (Å²) in [7, 11) is 0. The fraction of sp³-hybridized carbons (Fsp3) is 0.857. The first-order valence-electron chi connectivity index (χ1n) is 7.29. The van der Waals surface area contributed by atoms with Crippen LogP contribution in [0.25, 0.3) is 0 Å². The van der Waals surface area contributed by atoms with E-state index in [9.17, 15) is 9.59 Å². The molecule has 5 nitrogen and oxygen atoms in total. The van der Waals surface area contributed by atoms with Gasteiger partial charge in [-0.15, -0.1) is 0 Å². The van der Waals surface area contributed by atoms with E-state index in [0.717, 1.165) is 32.4 Å². The van der Waals surface area contributed by atoms with Gasteiger partial charge in [0.05, 0.1) is 0 Å². The van der Waals surface area contributed by atoms with Crippen molar-refractivity contribution in [2.45, 2.75) is 45.4 Å². The molecule has 5 heteroatoms. The van der Waals surface area contributed by atoms with Gasteiger partial charge in [-0.2, -0.15) is 0 Å². The van der Waals surface area contributed by atoms with Crippen LogP contribution < -0.4 is 5.32 Å². The Kier molecular flexibility index (Phi) is 4.32. The third-order valence-corrected chi connectivity index (χ3v) is 4.59. The lowest BCUT2D eigenvalue weighted by Gasteiger charge is -2.32. The van der Waals surface area contributed by atoms with Crippen molar-refractivity contribution < 1.29 is 14.7 Å². The number of nitrogens with one attached hydrogen (secondary N) is 1. The van der Waals surface area contributed by atoms with Crippen molar-refractivity contribution in [1.29, 1.82) is 0 Å². The smallest absolute Gasteiger partial charge is 0.317 e. The number of urea groups is 1. The summed E-state index contributed by atoms with van der Waals surface area (Å²) in [6.07, 6.45) is 5.54. The highest BCUT2D eigenvalue weighted by molar-refractivity contribution is 5.74. The summed E-state index contributed by atoms with van der Waals surface area (Å²) in [6, 6.07) is -0.0187. The zero-order valence-corrected chi connectivity index (χ0v) is 11.7. The van der Waals surface area contributed by atoms with Crippen LogP contribution in [0.5, 0.6) is 0 Å². The number of amides is 2. The molecule has 2 N–H and O–H groups in total. The number of nitrogens with zero attached hydrogens (tertiary/aromatic N) is 1. The average Bonchev–Trinajstić information content (AvgIpc) is 3.16. The Morgan fingerprint density at radius 2 is 2.16 bits per heavy atom. The molecule has 1 saturated heterocycles. The van der Waals surface area contributed by atoms with Crippen LogP contribution in [0, 0.1) is 11.3 Å². The Bertz CT molecular complexity index is 353. The first-order valence-corrected chi connectivity index (χ1v) is 7.29. The second-order valence-electron chi connectivity index (χ2n) is 6.06. The summed E-state index contributed by atoms with van der Waals surface area (Å²) in [5.41, 5.74) is 0.353. The van der Waals surface area contributed by atoms with Gasteiger partial charge in [0, 0.05) is 26.1 Å². The number of likely N-dealkylation sites (tertiary alicyclic amines) is 1. The van der Waals surface area contributed by atoms with Gasteiger partial charge < -0.3 is 15.3 Å². The standard InChI is InChI=1S/C14H24N2O3/c1-2-14(5-6-14)10-15-13(19)16-7-3-4-11(9-16)8-12(17)18/h11H,2-10H2,1H3,(H,15,19)(H,17,18). The molecule has 2 fully saturated rings. The Morgan fingerprint density at radius 1 is 1.42 bits per heavy atom. The molecule has 1 unspecified atom stereocenters. The number of carbonyl (C=O) groups excluding carboxylic acids is 1. The Labute approximate surface area is 114 Å². The van der Waals surface area contributed by atoms with Crippen LogP contribution in [0.1, 0.15) is 45.4 Å². The van der Waals surface area contributed by atoms with Gasteiger partial charge in [0.25, 0.3) is 0 Å². The third-order valence-electron chi connectivity index (χ3n) is 4.59. The van der Waals surface area contributed by atoms with Gasteiger partial charge in [0.15, 0.2) is 0 Å². The Morgan fingerprint density at radius 3 is 2.74 bits per heavy atom. The lowest BCUT2D eigenvalue weighted by atomic mass is 9.95. The van der Waals surface area contributed by atoms with Crippen molar-refractivity contribution in [2.24, 2.45) is 11.3 Å². The van der Waals surface area contributed by atoms with Gasteiger partial charge in [-0.3, -0.25) is 4.79 Å². The van der Waals surface area contributed by atoms with E-state index in [-0.39, 0.29) is 18.4 Å². The number of piperidine rings is 1. The summed E-state index contributed by atoms with van der Waals surface area (Å²) in [5.74, 6) is -0.659. The zero-order chi connectivity index (χ0) is 13.9. The summed E-state index contributed by atoms with van der Waals surface area (Å²) in [4.78, 5) is 24.6. The monoisotopic (exact) mass is 268 g/mol. The summed E-state index contributed by atoms with van der Waals surface area (Å²) in [5, 5.41) is 11.8. The highest BCUT2D eigenvalue weighted by atomic mass is 16.4. The highest BCUT2D eigenvalue weighted by Crippen LogP contribution is 2.47. The summed E-state index contributed by atoms with van der Waals surface area (Å²) >= 11 is 0. The topological polar surface area (TPSA) is 69.6 Å². The minimum absolute atomic E-state index is 0.0187. The zero-order valence-electron chi connectivity index (χ0n) is 11.7. The van der Waals surface area contributed by atoms with E-state index in [4.69, 9.17) is 5.11 Å². The van der Waals surface area contributed by atoms with Gasteiger partial charge in [-0.25, -0.2) is 4.79 Å². The fourth-order valence-corrected chi connectivity index (χ4v) is 2.87. The lowest BCUT2D eigenvalue weighted by Crippen LogP contribution is -2.47. The molecule has 0 aromatic carbocycles. The average molecular weight is 268 g/mol. The van der Waals surface area contributed by atoms with E-state index in [0.29, 0.717) is 12.0 Å². The number of aliphatic carboxylic acids is 1. The van der Waals surface area contributed by atoms with Crippen LogP contribution in [-0.4, -0.2) is 41.6 Å².